The van der Waals surface area contributed by atoms with Crippen LogP contribution in [0, 0.1) is 0 Å². The third kappa shape index (κ3) is 3.75. The number of thiazole rings is 1. The van der Waals surface area contributed by atoms with E-state index in [-0.39, 0.29) is 12.0 Å². The van der Waals surface area contributed by atoms with Gasteiger partial charge in [-0.15, -0.1) is 11.3 Å². The van der Waals surface area contributed by atoms with E-state index >= 15 is 0 Å². The summed E-state index contributed by atoms with van der Waals surface area (Å²) in [6.07, 6.45) is 3.74. The van der Waals surface area contributed by atoms with Crippen molar-refractivity contribution in [2.75, 3.05) is 13.2 Å². The molecule has 0 radical (unpaired) electrons. The first-order valence-electron chi connectivity index (χ1n) is 8.68. The number of rotatable bonds is 5. The monoisotopic (exact) mass is 382 g/mol. The summed E-state index contributed by atoms with van der Waals surface area (Å²) in [4.78, 5) is 26.2. The summed E-state index contributed by atoms with van der Waals surface area (Å²) in [6.45, 7) is 2.71. The SMILES string of the molecule is CCc1nc(-c2ncccn2)sc1C(=O)NCC1COc2ccccc2O1. The van der Waals surface area contributed by atoms with E-state index in [1.165, 1.54) is 11.3 Å². The van der Waals surface area contributed by atoms with Gasteiger partial charge in [0.25, 0.3) is 5.91 Å². The number of hydrogen-bond donors (Lipinski definition) is 1. The van der Waals surface area contributed by atoms with Gasteiger partial charge in [-0.2, -0.15) is 0 Å². The Morgan fingerprint density at radius 3 is 2.78 bits per heavy atom. The van der Waals surface area contributed by atoms with Crippen molar-refractivity contribution >= 4 is 17.2 Å². The van der Waals surface area contributed by atoms with Gasteiger partial charge in [-0.25, -0.2) is 15.0 Å². The van der Waals surface area contributed by atoms with E-state index < -0.39 is 0 Å². The van der Waals surface area contributed by atoms with E-state index in [0.717, 1.165) is 11.4 Å². The van der Waals surface area contributed by atoms with Gasteiger partial charge in [0.05, 0.1) is 12.2 Å². The van der Waals surface area contributed by atoms with E-state index in [9.17, 15) is 4.79 Å². The maximum atomic E-state index is 12.7. The molecule has 1 N–H and O–H groups in total. The Kier molecular flexibility index (Phi) is 4.97. The first-order chi connectivity index (χ1) is 13.2. The molecule has 1 unspecified atom stereocenters. The minimum atomic E-state index is -0.237. The molecule has 3 heterocycles. The number of aromatic nitrogens is 3. The maximum absolute atomic E-state index is 12.7. The molecule has 0 fully saturated rings. The van der Waals surface area contributed by atoms with Crippen molar-refractivity contribution in [1.82, 2.24) is 20.3 Å². The molecule has 1 aliphatic heterocycles. The van der Waals surface area contributed by atoms with Crippen LogP contribution in [-0.4, -0.2) is 40.1 Å². The van der Waals surface area contributed by atoms with Crippen LogP contribution in [0.4, 0.5) is 0 Å². The molecule has 1 aromatic carbocycles. The number of hydrogen-bond acceptors (Lipinski definition) is 7. The topological polar surface area (TPSA) is 86.2 Å². The second kappa shape index (κ2) is 7.71. The van der Waals surface area contributed by atoms with Crippen LogP contribution in [0.3, 0.4) is 0 Å². The fourth-order valence-electron chi connectivity index (χ4n) is 2.72. The fourth-order valence-corrected chi connectivity index (χ4v) is 3.74. The number of benzene rings is 1. The van der Waals surface area contributed by atoms with Gasteiger partial charge in [0.2, 0.25) is 0 Å². The molecule has 8 heteroatoms. The van der Waals surface area contributed by atoms with Crippen molar-refractivity contribution in [2.45, 2.75) is 19.4 Å². The third-order valence-corrected chi connectivity index (χ3v) is 5.15. The van der Waals surface area contributed by atoms with Gasteiger partial charge in [-0.1, -0.05) is 19.1 Å². The lowest BCUT2D eigenvalue weighted by molar-refractivity contribution is 0.0791. The quantitative estimate of drug-likeness (QED) is 0.730. The van der Waals surface area contributed by atoms with Gasteiger partial charge >= 0.3 is 0 Å². The van der Waals surface area contributed by atoms with Crippen LogP contribution < -0.4 is 14.8 Å². The molecule has 1 atom stereocenters. The summed E-state index contributed by atoms with van der Waals surface area (Å²) in [5.74, 6) is 1.77. The Balaban J connectivity index is 1.44. The molecule has 138 valence electrons. The molecule has 0 saturated heterocycles. The highest BCUT2D eigenvalue weighted by molar-refractivity contribution is 7.17. The van der Waals surface area contributed by atoms with Crippen molar-refractivity contribution < 1.29 is 14.3 Å². The largest absolute Gasteiger partial charge is 0.486 e. The normalized spacial score (nSPS) is 15.4. The molecule has 27 heavy (non-hydrogen) atoms. The minimum absolute atomic E-state index is 0.172. The van der Waals surface area contributed by atoms with Gasteiger partial charge in [0.15, 0.2) is 22.3 Å². The van der Waals surface area contributed by atoms with Crippen LogP contribution in [0.25, 0.3) is 10.8 Å². The second-order valence-electron chi connectivity index (χ2n) is 5.93. The molecule has 0 saturated carbocycles. The predicted octanol–water partition coefficient (Wildman–Crippen LogP) is 2.73. The molecular weight excluding hydrogens is 364 g/mol. The molecule has 1 amide bonds. The Morgan fingerprint density at radius 2 is 2.00 bits per heavy atom. The van der Waals surface area contributed by atoms with Crippen LogP contribution in [0.5, 0.6) is 11.5 Å². The van der Waals surface area contributed by atoms with Crippen molar-refractivity contribution in [3.05, 3.63) is 53.3 Å². The number of ether oxygens (including phenoxy) is 2. The summed E-state index contributed by atoms with van der Waals surface area (Å²) in [5.41, 5.74) is 0.742. The smallest absolute Gasteiger partial charge is 0.263 e. The summed E-state index contributed by atoms with van der Waals surface area (Å²) < 4.78 is 11.6. The highest BCUT2D eigenvalue weighted by Crippen LogP contribution is 2.31. The zero-order valence-electron chi connectivity index (χ0n) is 14.7. The first-order valence-corrected chi connectivity index (χ1v) is 9.50. The summed E-state index contributed by atoms with van der Waals surface area (Å²) >= 11 is 1.30. The number of fused-ring (bicyclic) bond motifs is 1. The van der Waals surface area contributed by atoms with Crippen LogP contribution in [0.2, 0.25) is 0 Å². The number of nitrogens with zero attached hydrogens (tertiary/aromatic N) is 3. The van der Waals surface area contributed by atoms with Crippen LogP contribution >= 0.6 is 11.3 Å². The molecule has 0 bridgehead atoms. The lowest BCUT2D eigenvalue weighted by atomic mass is 10.2. The molecule has 0 spiro atoms. The molecule has 7 nitrogen and oxygen atoms in total. The summed E-state index contributed by atoms with van der Waals surface area (Å²) in [7, 11) is 0. The van der Waals surface area contributed by atoms with Gasteiger partial charge in [0.1, 0.15) is 17.6 Å². The van der Waals surface area contributed by atoms with Crippen molar-refractivity contribution in [2.24, 2.45) is 0 Å². The third-order valence-electron chi connectivity index (χ3n) is 4.05. The van der Waals surface area contributed by atoms with E-state index in [2.05, 4.69) is 20.3 Å². The highest BCUT2D eigenvalue weighted by atomic mass is 32.1. The van der Waals surface area contributed by atoms with Crippen molar-refractivity contribution in [3.8, 4) is 22.3 Å². The number of carbonyl (C=O) groups is 1. The van der Waals surface area contributed by atoms with Gasteiger partial charge < -0.3 is 14.8 Å². The van der Waals surface area contributed by atoms with E-state index in [1.54, 1.807) is 18.5 Å². The number of amides is 1. The zero-order chi connectivity index (χ0) is 18.6. The molecule has 1 aliphatic rings. The van der Waals surface area contributed by atoms with Crippen LogP contribution in [-0.2, 0) is 6.42 Å². The van der Waals surface area contributed by atoms with Crippen molar-refractivity contribution in [1.29, 1.82) is 0 Å². The van der Waals surface area contributed by atoms with Gasteiger partial charge in [-0.05, 0) is 24.6 Å². The zero-order valence-corrected chi connectivity index (χ0v) is 15.5. The lowest BCUT2D eigenvalue weighted by Gasteiger charge is -2.26. The molecule has 3 aromatic rings. The van der Waals surface area contributed by atoms with Crippen LogP contribution in [0.1, 0.15) is 22.3 Å². The molecule has 0 aliphatic carbocycles. The predicted molar refractivity (Wildman–Crippen MR) is 101 cm³/mol. The molecule has 4 rings (SSSR count). The molecule has 2 aromatic heterocycles. The Bertz CT molecular complexity index is 945. The Morgan fingerprint density at radius 1 is 1.22 bits per heavy atom. The minimum Gasteiger partial charge on any atom is -0.486 e. The van der Waals surface area contributed by atoms with Gasteiger partial charge in [0, 0.05) is 12.4 Å². The summed E-state index contributed by atoms with van der Waals surface area (Å²) in [6, 6.07) is 9.25. The number of nitrogens with one attached hydrogen (secondary N) is 1. The number of para-hydroxylation sites is 2. The average molecular weight is 382 g/mol. The van der Waals surface area contributed by atoms with Crippen LogP contribution in [0.15, 0.2) is 42.7 Å². The number of aryl methyl sites for hydroxylation is 1. The summed E-state index contributed by atoms with van der Waals surface area (Å²) in [5, 5.41) is 3.57. The van der Waals surface area contributed by atoms with E-state index in [4.69, 9.17) is 9.47 Å². The van der Waals surface area contributed by atoms with Gasteiger partial charge in [-0.3, -0.25) is 4.79 Å². The van der Waals surface area contributed by atoms with Crippen molar-refractivity contribution in [3.63, 3.8) is 0 Å². The average Bonchev–Trinajstić information content (AvgIpc) is 3.17. The van der Waals surface area contributed by atoms with E-state index in [1.807, 2.05) is 31.2 Å². The lowest BCUT2D eigenvalue weighted by Crippen LogP contribution is -2.40. The second-order valence-corrected chi connectivity index (χ2v) is 6.93. The first kappa shape index (κ1) is 17.4. The Hall–Kier alpha value is -3.00. The standard InChI is InChI=1S/C19H18N4O3S/c1-2-13-16(27-19(23-13)17-20-8-5-9-21-17)18(24)22-10-12-11-25-14-6-3-4-7-15(14)26-12/h3-9,12H,2,10-11H2,1H3,(H,22,24). The number of carbonyl (C=O) groups excluding carboxylic acids is 1. The maximum Gasteiger partial charge on any atom is 0.263 e. The Labute approximate surface area is 160 Å². The highest BCUT2D eigenvalue weighted by Gasteiger charge is 2.23. The van der Waals surface area contributed by atoms with E-state index in [0.29, 0.717) is 41.0 Å². The molecular formula is C19H18N4O3S. The fraction of sp³-hybridized carbons (Fsp3) is 0.263.